The van der Waals surface area contributed by atoms with E-state index in [-0.39, 0.29) is 5.82 Å². The summed E-state index contributed by atoms with van der Waals surface area (Å²) < 4.78 is 20.5. The molecule has 40 heavy (non-hydrogen) atoms. The quantitative estimate of drug-likeness (QED) is 0.219. The van der Waals surface area contributed by atoms with Crippen molar-refractivity contribution in [1.29, 1.82) is 0 Å². The average Bonchev–Trinajstić information content (AvgIpc) is 3.38. The first-order valence-electron chi connectivity index (χ1n) is 13.7. The number of nitrogens with zero attached hydrogens (tertiary/aromatic N) is 4. The number of esters is 1. The van der Waals surface area contributed by atoms with E-state index in [1.165, 1.54) is 30.4 Å². The second-order valence-corrected chi connectivity index (χ2v) is 10.9. The number of halogens is 2. The highest BCUT2D eigenvalue weighted by Gasteiger charge is 2.22. The molecule has 0 aliphatic carbocycles. The molecule has 0 atom stereocenters. The SMILES string of the molecule is COC(=O)c1ccnc(-c2ncc(CCN3CCC(c4cc(C)cc(Cl)c4)CC3)n2CCc2ccc(F)cc2)c1. The summed E-state index contributed by atoms with van der Waals surface area (Å²) in [6.45, 7) is 5.76. The number of aryl methyl sites for hydroxylation is 2. The Labute approximate surface area is 239 Å². The Balaban J connectivity index is 1.30. The van der Waals surface area contributed by atoms with Crippen LogP contribution >= 0.6 is 11.6 Å². The van der Waals surface area contributed by atoms with E-state index in [1.807, 2.05) is 24.4 Å². The fourth-order valence-corrected chi connectivity index (χ4v) is 5.82. The number of hydrogen-bond acceptors (Lipinski definition) is 5. The summed E-state index contributed by atoms with van der Waals surface area (Å²) in [6.07, 6.45) is 7.30. The number of rotatable bonds is 9. The van der Waals surface area contributed by atoms with E-state index >= 15 is 0 Å². The minimum atomic E-state index is -0.412. The predicted octanol–water partition coefficient (Wildman–Crippen LogP) is 6.50. The van der Waals surface area contributed by atoms with Gasteiger partial charge in [-0.15, -0.1) is 0 Å². The Morgan fingerprint density at radius 1 is 1.02 bits per heavy atom. The van der Waals surface area contributed by atoms with Crippen LogP contribution in [0.2, 0.25) is 5.02 Å². The van der Waals surface area contributed by atoms with Gasteiger partial charge in [0.05, 0.1) is 12.7 Å². The Morgan fingerprint density at radius 3 is 2.52 bits per heavy atom. The summed E-state index contributed by atoms with van der Waals surface area (Å²) >= 11 is 6.32. The van der Waals surface area contributed by atoms with Crippen molar-refractivity contribution in [3.8, 4) is 11.5 Å². The largest absolute Gasteiger partial charge is 0.465 e. The zero-order valence-electron chi connectivity index (χ0n) is 22.9. The summed E-state index contributed by atoms with van der Waals surface area (Å²) in [4.78, 5) is 23.9. The number of methoxy groups -OCH3 is 1. The van der Waals surface area contributed by atoms with E-state index in [4.69, 9.17) is 21.3 Å². The zero-order chi connectivity index (χ0) is 28.1. The molecule has 2 aromatic carbocycles. The number of ether oxygens (including phenoxy) is 1. The molecule has 1 saturated heterocycles. The highest BCUT2D eigenvalue weighted by atomic mass is 35.5. The van der Waals surface area contributed by atoms with Crippen LogP contribution in [0.1, 0.15) is 51.5 Å². The highest BCUT2D eigenvalue weighted by molar-refractivity contribution is 6.30. The molecule has 2 aromatic heterocycles. The molecule has 3 heterocycles. The van der Waals surface area contributed by atoms with Gasteiger partial charge in [-0.25, -0.2) is 14.2 Å². The van der Waals surface area contributed by atoms with E-state index in [1.54, 1.807) is 18.3 Å². The van der Waals surface area contributed by atoms with E-state index < -0.39 is 5.97 Å². The van der Waals surface area contributed by atoms with Crippen LogP contribution in [0, 0.1) is 12.7 Å². The van der Waals surface area contributed by atoms with Crippen LogP contribution in [0.4, 0.5) is 4.39 Å². The summed E-state index contributed by atoms with van der Waals surface area (Å²) in [6, 6.07) is 16.3. The molecular weight excluding hydrogens is 527 g/mol. The first-order chi connectivity index (χ1) is 19.4. The molecule has 0 radical (unpaired) electrons. The van der Waals surface area contributed by atoms with E-state index in [0.717, 1.165) is 61.6 Å². The number of hydrogen-bond donors (Lipinski definition) is 0. The van der Waals surface area contributed by atoms with Crippen molar-refractivity contribution in [3.63, 3.8) is 0 Å². The van der Waals surface area contributed by atoms with Gasteiger partial charge >= 0.3 is 5.97 Å². The van der Waals surface area contributed by atoms with Crippen molar-refractivity contribution < 1.29 is 13.9 Å². The molecule has 1 fully saturated rings. The van der Waals surface area contributed by atoms with E-state index in [0.29, 0.717) is 29.5 Å². The average molecular weight is 561 g/mol. The topological polar surface area (TPSA) is 60.2 Å². The van der Waals surface area contributed by atoms with E-state index in [9.17, 15) is 9.18 Å². The number of pyridine rings is 1. The van der Waals surface area contributed by atoms with Crippen LogP contribution in [-0.4, -0.2) is 52.1 Å². The number of aromatic nitrogens is 3. The summed E-state index contributed by atoms with van der Waals surface area (Å²) in [5.74, 6) is 0.586. The minimum Gasteiger partial charge on any atom is -0.465 e. The molecule has 8 heteroatoms. The normalized spacial score (nSPS) is 14.4. The number of likely N-dealkylation sites (tertiary alicyclic amines) is 1. The summed E-state index contributed by atoms with van der Waals surface area (Å²) in [5.41, 5.74) is 5.75. The molecule has 0 amide bonds. The van der Waals surface area contributed by atoms with Gasteiger partial charge in [0.1, 0.15) is 11.5 Å². The second-order valence-electron chi connectivity index (χ2n) is 10.5. The molecule has 1 aliphatic rings. The molecule has 6 nitrogen and oxygen atoms in total. The lowest BCUT2D eigenvalue weighted by atomic mass is 9.88. The van der Waals surface area contributed by atoms with Gasteiger partial charge in [0.25, 0.3) is 0 Å². The monoisotopic (exact) mass is 560 g/mol. The van der Waals surface area contributed by atoms with Crippen LogP contribution in [0.3, 0.4) is 0 Å². The number of piperidine rings is 1. The lowest BCUT2D eigenvalue weighted by Crippen LogP contribution is -2.34. The van der Waals surface area contributed by atoms with Gasteiger partial charge in [-0.05, 0) is 98.3 Å². The number of imidazole rings is 1. The summed E-state index contributed by atoms with van der Waals surface area (Å²) in [5, 5.41) is 0.814. The molecule has 0 N–H and O–H groups in total. The van der Waals surface area contributed by atoms with Crippen LogP contribution in [0.25, 0.3) is 11.5 Å². The molecule has 4 aromatic rings. The molecule has 1 aliphatic heterocycles. The standard InChI is InChI=1S/C32H34ClFN4O2/c1-22-17-26(19-27(33)18-22)24-9-13-37(14-10-24)15-11-29-21-36-31(30-20-25(7-12-35-30)32(39)40-2)38(29)16-8-23-3-5-28(34)6-4-23/h3-7,12,17-21,24H,8-11,13-16H2,1-2H3. The van der Waals surface area contributed by atoms with Crippen molar-refractivity contribution >= 4 is 17.6 Å². The highest BCUT2D eigenvalue weighted by Crippen LogP contribution is 2.31. The van der Waals surface area contributed by atoms with Crippen molar-refractivity contribution in [1.82, 2.24) is 19.4 Å². The molecule has 0 spiro atoms. The Morgan fingerprint density at radius 2 is 1.80 bits per heavy atom. The lowest BCUT2D eigenvalue weighted by molar-refractivity contribution is 0.0600. The maximum atomic E-state index is 13.4. The zero-order valence-corrected chi connectivity index (χ0v) is 23.7. The van der Waals surface area contributed by atoms with Gasteiger partial charge in [-0.2, -0.15) is 0 Å². The molecule has 208 valence electrons. The Bertz CT molecular complexity index is 1440. The van der Waals surface area contributed by atoms with Crippen molar-refractivity contribution in [2.45, 2.75) is 45.1 Å². The molecule has 0 unspecified atom stereocenters. The fourth-order valence-electron chi connectivity index (χ4n) is 5.52. The molecule has 0 saturated carbocycles. The Hall–Kier alpha value is -3.55. The predicted molar refractivity (Wildman–Crippen MR) is 155 cm³/mol. The molecule has 0 bridgehead atoms. The third kappa shape index (κ3) is 6.77. The summed E-state index contributed by atoms with van der Waals surface area (Å²) in [7, 11) is 1.36. The van der Waals surface area contributed by atoms with Crippen LogP contribution < -0.4 is 0 Å². The molecular formula is C32H34ClFN4O2. The third-order valence-electron chi connectivity index (χ3n) is 7.69. The fraction of sp³-hybridized carbons (Fsp3) is 0.344. The first-order valence-corrected chi connectivity index (χ1v) is 14.1. The second kappa shape index (κ2) is 12.7. The van der Waals surface area contributed by atoms with Crippen LogP contribution in [0.5, 0.6) is 0 Å². The van der Waals surface area contributed by atoms with Crippen molar-refractivity contribution in [2.24, 2.45) is 0 Å². The van der Waals surface area contributed by atoms with Crippen molar-refractivity contribution in [3.05, 3.63) is 106 Å². The van der Waals surface area contributed by atoms with Gasteiger partial charge in [-0.1, -0.05) is 29.8 Å². The van der Waals surface area contributed by atoms with E-state index in [2.05, 4.69) is 33.5 Å². The molecule has 5 rings (SSSR count). The number of carbonyl (C=O) groups excluding carboxylic acids is 1. The Kier molecular flexibility index (Phi) is 8.92. The van der Waals surface area contributed by atoms with Crippen molar-refractivity contribution in [2.75, 3.05) is 26.7 Å². The maximum absolute atomic E-state index is 13.4. The van der Waals surface area contributed by atoms with Crippen LogP contribution in [0.15, 0.2) is 67.0 Å². The van der Waals surface area contributed by atoms with Gasteiger partial charge in [-0.3, -0.25) is 4.98 Å². The van der Waals surface area contributed by atoms with Crippen LogP contribution in [-0.2, 0) is 24.1 Å². The van der Waals surface area contributed by atoms with Gasteiger partial charge < -0.3 is 14.2 Å². The maximum Gasteiger partial charge on any atom is 0.337 e. The number of benzene rings is 2. The number of carbonyl (C=O) groups is 1. The first kappa shape index (κ1) is 28.0. The minimum absolute atomic E-state index is 0.245. The smallest absolute Gasteiger partial charge is 0.337 e. The lowest BCUT2D eigenvalue weighted by Gasteiger charge is -2.32. The van der Waals surface area contributed by atoms with Gasteiger partial charge in [0.15, 0.2) is 5.82 Å². The third-order valence-corrected chi connectivity index (χ3v) is 7.91. The van der Waals surface area contributed by atoms with Gasteiger partial charge in [0, 0.05) is 42.6 Å². The van der Waals surface area contributed by atoms with Gasteiger partial charge in [0.2, 0.25) is 0 Å².